The van der Waals surface area contributed by atoms with Crippen LogP contribution in [0.2, 0.25) is 5.02 Å². The van der Waals surface area contributed by atoms with Gasteiger partial charge in [0.05, 0.1) is 22.8 Å². The molecular weight excluding hydrogens is 420 g/mol. The van der Waals surface area contributed by atoms with E-state index in [1.54, 1.807) is 12.1 Å². The molecule has 2 fully saturated rings. The van der Waals surface area contributed by atoms with Gasteiger partial charge in [-0.2, -0.15) is 0 Å². The standard InChI is InChI=1S/C23H21ClN2O3S/c1-23(2,3)26-21(28)17-15-8-6-12-11-13(24)7-9-14(12)25(15)19(18(17)22(26)29)20(27)16-5-4-10-30-16/h4-11,15,17-19H,1-3H3. The maximum absolute atomic E-state index is 13.6. The van der Waals surface area contributed by atoms with Gasteiger partial charge in [-0.05, 0) is 56.0 Å². The summed E-state index contributed by atoms with van der Waals surface area (Å²) in [6, 6.07) is 8.03. The van der Waals surface area contributed by atoms with Crippen molar-refractivity contribution in [2.75, 3.05) is 4.90 Å². The second-order valence-corrected chi connectivity index (χ2v) is 10.4. The van der Waals surface area contributed by atoms with Crippen LogP contribution in [0.4, 0.5) is 5.69 Å². The molecule has 4 atom stereocenters. The largest absolute Gasteiger partial charge is 0.352 e. The fourth-order valence-electron chi connectivity index (χ4n) is 5.07. The molecule has 30 heavy (non-hydrogen) atoms. The highest BCUT2D eigenvalue weighted by atomic mass is 35.5. The van der Waals surface area contributed by atoms with Crippen molar-refractivity contribution < 1.29 is 14.4 Å². The highest BCUT2D eigenvalue weighted by Gasteiger charge is 2.65. The topological polar surface area (TPSA) is 57.7 Å². The minimum absolute atomic E-state index is 0.115. The summed E-state index contributed by atoms with van der Waals surface area (Å²) in [6.45, 7) is 5.56. The number of anilines is 1. The molecule has 0 bridgehead atoms. The molecule has 1 aromatic heterocycles. The Labute approximate surface area is 183 Å². The van der Waals surface area contributed by atoms with Crippen LogP contribution in [-0.4, -0.2) is 40.1 Å². The smallest absolute Gasteiger partial charge is 0.236 e. The SMILES string of the molecule is CC(C)(C)N1C(=O)C2C(C1=O)C(C(=O)c1cccs1)N1c3ccc(Cl)cc3C=CC21. The third-order valence-electron chi connectivity index (χ3n) is 6.17. The molecule has 0 spiro atoms. The molecule has 0 N–H and O–H groups in total. The zero-order valence-electron chi connectivity index (χ0n) is 16.8. The van der Waals surface area contributed by atoms with Crippen LogP contribution in [0.15, 0.2) is 41.8 Å². The van der Waals surface area contributed by atoms with Crippen LogP contribution in [0.5, 0.6) is 0 Å². The third-order valence-corrected chi connectivity index (χ3v) is 7.29. The highest BCUT2D eigenvalue weighted by Crippen LogP contribution is 2.50. The second kappa shape index (κ2) is 6.53. The van der Waals surface area contributed by atoms with E-state index in [1.165, 1.54) is 16.2 Å². The fourth-order valence-corrected chi connectivity index (χ4v) is 5.95. The number of benzene rings is 1. The van der Waals surface area contributed by atoms with E-state index in [4.69, 9.17) is 11.6 Å². The average Bonchev–Trinajstić information content (AvgIpc) is 3.37. The number of halogens is 1. The summed E-state index contributed by atoms with van der Waals surface area (Å²) in [5.74, 6) is -1.86. The first-order valence-electron chi connectivity index (χ1n) is 9.92. The summed E-state index contributed by atoms with van der Waals surface area (Å²) >= 11 is 7.54. The Bertz CT molecular complexity index is 1100. The van der Waals surface area contributed by atoms with Crippen LogP contribution >= 0.6 is 22.9 Å². The lowest BCUT2D eigenvalue weighted by molar-refractivity contribution is -0.145. The first-order chi connectivity index (χ1) is 14.2. The molecule has 1 aromatic carbocycles. The number of carbonyl (C=O) groups is 3. The Balaban J connectivity index is 1.68. The van der Waals surface area contributed by atoms with E-state index in [0.717, 1.165) is 11.3 Å². The van der Waals surface area contributed by atoms with Crippen LogP contribution in [0, 0.1) is 11.8 Å². The predicted octanol–water partition coefficient (Wildman–Crippen LogP) is 4.27. The second-order valence-electron chi connectivity index (χ2n) is 8.98. The van der Waals surface area contributed by atoms with E-state index in [2.05, 4.69) is 0 Å². The molecule has 3 aliphatic rings. The molecule has 4 unspecified atom stereocenters. The number of likely N-dealkylation sites (tertiary alicyclic amines) is 1. The Hall–Kier alpha value is -2.44. The maximum Gasteiger partial charge on any atom is 0.236 e. The Kier molecular flexibility index (Phi) is 4.25. The van der Waals surface area contributed by atoms with Crippen molar-refractivity contribution in [3.8, 4) is 0 Å². The summed E-state index contributed by atoms with van der Waals surface area (Å²) in [4.78, 5) is 44.5. The summed E-state index contributed by atoms with van der Waals surface area (Å²) in [5.41, 5.74) is 1.08. The number of thiophene rings is 1. The van der Waals surface area contributed by atoms with Gasteiger partial charge in [0.25, 0.3) is 0 Å². The van der Waals surface area contributed by atoms with Crippen molar-refractivity contribution in [2.45, 2.75) is 38.4 Å². The van der Waals surface area contributed by atoms with Crippen molar-refractivity contribution in [2.24, 2.45) is 11.8 Å². The number of hydrogen-bond acceptors (Lipinski definition) is 5. The third kappa shape index (κ3) is 2.63. The van der Waals surface area contributed by atoms with Crippen molar-refractivity contribution in [1.82, 2.24) is 4.90 Å². The average molecular weight is 441 g/mol. The predicted molar refractivity (Wildman–Crippen MR) is 118 cm³/mol. The van der Waals surface area contributed by atoms with Gasteiger partial charge in [0.1, 0.15) is 6.04 Å². The monoisotopic (exact) mass is 440 g/mol. The molecule has 2 aromatic rings. The molecule has 0 aliphatic carbocycles. The van der Waals surface area contributed by atoms with Gasteiger partial charge in [-0.25, -0.2) is 0 Å². The first-order valence-corrected chi connectivity index (χ1v) is 11.2. The lowest BCUT2D eigenvalue weighted by Gasteiger charge is -2.38. The zero-order valence-corrected chi connectivity index (χ0v) is 18.4. The van der Waals surface area contributed by atoms with Gasteiger partial charge in [-0.15, -0.1) is 11.3 Å². The molecule has 2 amide bonds. The van der Waals surface area contributed by atoms with E-state index in [1.807, 2.05) is 61.4 Å². The number of amides is 2. The van der Waals surface area contributed by atoms with Gasteiger partial charge in [-0.1, -0.05) is 29.8 Å². The molecule has 3 aliphatic heterocycles. The van der Waals surface area contributed by atoms with Crippen molar-refractivity contribution >= 4 is 52.3 Å². The molecular formula is C23H21ClN2O3S. The molecule has 154 valence electrons. The molecule has 5 rings (SSSR count). The summed E-state index contributed by atoms with van der Waals surface area (Å²) in [7, 11) is 0. The van der Waals surface area contributed by atoms with Gasteiger partial charge < -0.3 is 4.90 Å². The molecule has 2 saturated heterocycles. The quantitative estimate of drug-likeness (QED) is 0.517. The van der Waals surface area contributed by atoms with Gasteiger partial charge in [0.15, 0.2) is 5.78 Å². The van der Waals surface area contributed by atoms with Crippen LogP contribution in [-0.2, 0) is 9.59 Å². The van der Waals surface area contributed by atoms with E-state index in [9.17, 15) is 14.4 Å². The fraction of sp³-hybridized carbons (Fsp3) is 0.348. The van der Waals surface area contributed by atoms with E-state index in [-0.39, 0.29) is 23.6 Å². The summed E-state index contributed by atoms with van der Waals surface area (Å²) in [5, 5.41) is 2.45. The number of rotatable bonds is 2. The summed E-state index contributed by atoms with van der Waals surface area (Å²) in [6.07, 6.45) is 3.88. The van der Waals surface area contributed by atoms with Crippen LogP contribution in [0.1, 0.15) is 36.0 Å². The normalized spacial score (nSPS) is 27.3. The zero-order chi connectivity index (χ0) is 21.4. The Morgan fingerprint density at radius 2 is 1.83 bits per heavy atom. The molecule has 7 heteroatoms. The lowest BCUT2D eigenvalue weighted by atomic mass is 9.87. The van der Waals surface area contributed by atoms with Gasteiger partial charge >= 0.3 is 0 Å². The number of hydrogen-bond donors (Lipinski definition) is 0. The van der Waals surface area contributed by atoms with Gasteiger partial charge in [0, 0.05) is 16.2 Å². The highest BCUT2D eigenvalue weighted by molar-refractivity contribution is 7.12. The van der Waals surface area contributed by atoms with E-state index in [0.29, 0.717) is 9.90 Å². The number of imide groups is 1. The minimum atomic E-state index is -0.729. The first kappa shape index (κ1) is 19.5. The minimum Gasteiger partial charge on any atom is -0.352 e. The number of nitrogens with zero attached hydrogens (tertiary/aromatic N) is 2. The Morgan fingerprint density at radius 3 is 2.50 bits per heavy atom. The number of ketones is 1. The van der Waals surface area contributed by atoms with Crippen LogP contribution in [0.3, 0.4) is 0 Å². The Morgan fingerprint density at radius 1 is 1.10 bits per heavy atom. The van der Waals surface area contributed by atoms with Crippen LogP contribution in [0.25, 0.3) is 6.08 Å². The van der Waals surface area contributed by atoms with Crippen LogP contribution < -0.4 is 4.90 Å². The number of Topliss-reactive ketones (excluding diaryl/α,β-unsaturated/α-hetero) is 1. The van der Waals surface area contributed by atoms with E-state index >= 15 is 0 Å². The van der Waals surface area contributed by atoms with Gasteiger partial charge in [-0.3, -0.25) is 19.3 Å². The van der Waals surface area contributed by atoms with Gasteiger partial charge in [0.2, 0.25) is 11.8 Å². The number of carbonyl (C=O) groups excluding carboxylic acids is 3. The molecule has 0 radical (unpaired) electrons. The molecule has 5 nitrogen and oxygen atoms in total. The lowest BCUT2D eigenvalue weighted by Crippen LogP contribution is -2.52. The molecule has 4 heterocycles. The van der Waals surface area contributed by atoms with Crippen molar-refractivity contribution in [3.05, 3.63) is 57.3 Å². The van der Waals surface area contributed by atoms with Crippen molar-refractivity contribution in [1.29, 1.82) is 0 Å². The number of fused-ring (bicyclic) bond motifs is 5. The summed E-state index contributed by atoms with van der Waals surface area (Å²) < 4.78 is 0. The maximum atomic E-state index is 13.6. The van der Waals surface area contributed by atoms with Crippen molar-refractivity contribution in [3.63, 3.8) is 0 Å². The molecule has 0 saturated carbocycles. The van der Waals surface area contributed by atoms with E-state index < -0.39 is 23.4 Å².